The van der Waals surface area contributed by atoms with Crippen LogP contribution in [0.15, 0.2) is 30.6 Å². The van der Waals surface area contributed by atoms with E-state index >= 15 is 0 Å². The Kier molecular flexibility index (Phi) is 4.97. The van der Waals surface area contributed by atoms with E-state index in [2.05, 4.69) is 39.9 Å². The molecule has 0 unspecified atom stereocenters. The summed E-state index contributed by atoms with van der Waals surface area (Å²) in [7, 11) is 1.51. The first-order chi connectivity index (χ1) is 12.3. The number of nitrogens with zero attached hydrogens (tertiary/aromatic N) is 5. The first kappa shape index (κ1) is 18.3. The predicted molar refractivity (Wildman–Crippen MR) is 103 cm³/mol. The van der Waals surface area contributed by atoms with Crippen molar-refractivity contribution in [2.24, 2.45) is 0 Å². The summed E-state index contributed by atoms with van der Waals surface area (Å²) >= 11 is 6.25. The van der Waals surface area contributed by atoms with E-state index in [0.717, 1.165) is 16.6 Å². The Morgan fingerprint density at radius 1 is 1.12 bits per heavy atom. The first-order valence-corrected chi connectivity index (χ1v) is 11.9. The summed E-state index contributed by atoms with van der Waals surface area (Å²) in [5.41, 5.74) is 2.12. The largest absolute Gasteiger partial charge is 0.493 e. The van der Waals surface area contributed by atoms with Crippen LogP contribution in [0.1, 0.15) is 0 Å². The molecule has 2 heterocycles. The summed E-state index contributed by atoms with van der Waals surface area (Å²) in [5, 5.41) is 10.3. The molecule has 3 aromatic rings. The van der Waals surface area contributed by atoms with E-state index in [-0.39, 0.29) is 6.01 Å². The van der Waals surface area contributed by atoms with Crippen molar-refractivity contribution in [1.82, 2.24) is 25.0 Å². The zero-order chi connectivity index (χ0) is 18.9. The van der Waals surface area contributed by atoms with Crippen molar-refractivity contribution in [2.75, 3.05) is 14.2 Å². The average Bonchev–Trinajstić information content (AvgIpc) is 3.11. The number of methoxy groups -OCH3 is 2. The highest BCUT2D eigenvalue weighted by molar-refractivity contribution is 6.88. The lowest BCUT2D eigenvalue weighted by Crippen LogP contribution is -2.38. The fourth-order valence-corrected chi connectivity index (χ4v) is 3.44. The first-order valence-electron chi connectivity index (χ1n) is 8.01. The molecule has 0 fully saturated rings. The average molecular weight is 390 g/mol. The second-order valence-electron chi connectivity index (χ2n) is 6.73. The van der Waals surface area contributed by atoms with Crippen molar-refractivity contribution in [3.05, 3.63) is 35.6 Å². The third kappa shape index (κ3) is 3.56. The van der Waals surface area contributed by atoms with Crippen LogP contribution in [0, 0.1) is 0 Å². The Morgan fingerprint density at radius 2 is 1.88 bits per heavy atom. The minimum absolute atomic E-state index is 0.244. The van der Waals surface area contributed by atoms with Crippen LogP contribution in [0.3, 0.4) is 0 Å². The van der Waals surface area contributed by atoms with Crippen molar-refractivity contribution in [1.29, 1.82) is 0 Å². The molecule has 0 spiro atoms. The van der Waals surface area contributed by atoms with E-state index in [1.165, 1.54) is 7.11 Å². The van der Waals surface area contributed by atoms with Gasteiger partial charge in [-0.25, -0.2) is 4.68 Å². The Labute approximate surface area is 158 Å². The fraction of sp³-hybridized carbons (Fsp3) is 0.294. The smallest absolute Gasteiger partial charge is 0.316 e. The number of hydrogen-bond acceptors (Lipinski definition) is 6. The van der Waals surface area contributed by atoms with Gasteiger partial charge in [-0.1, -0.05) is 36.5 Å². The van der Waals surface area contributed by atoms with Crippen LogP contribution in [0.4, 0.5) is 0 Å². The summed E-state index contributed by atoms with van der Waals surface area (Å²) in [5.74, 6) is 0.514. The highest BCUT2D eigenvalue weighted by atomic mass is 35.5. The Morgan fingerprint density at radius 3 is 2.50 bits per heavy atom. The highest BCUT2D eigenvalue weighted by Gasteiger charge is 2.22. The van der Waals surface area contributed by atoms with Crippen LogP contribution in [-0.4, -0.2) is 47.3 Å². The summed E-state index contributed by atoms with van der Waals surface area (Å²) in [4.78, 5) is 8.54. The molecular weight excluding hydrogens is 370 g/mol. The highest BCUT2D eigenvalue weighted by Crippen LogP contribution is 2.34. The number of hydrogen-bond donors (Lipinski definition) is 0. The number of ether oxygens (including phenoxy) is 2. The van der Waals surface area contributed by atoms with E-state index in [0.29, 0.717) is 16.5 Å². The number of benzene rings is 1. The summed E-state index contributed by atoms with van der Waals surface area (Å²) < 4.78 is 12.3. The minimum atomic E-state index is -1.58. The van der Waals surface area contributed by atoms with E-state index in [4.69, 9.17) is 21.1 Å². The van der Waals surface area contributed by atoms with Gasteiger partial charge in [0.05, 0.1) is 31.4 Å². The molecule has 0 amide bonds. The summed E-state index contributed by atoms with van der Waals surface area (Å²) in [6, 6.07) is 5.75. The minimum Gasteiger partial charge on any atom is -0.493 e. The molecule has 0 atom stereocenters. The quantitative estimate of drug-likeness (QED) is 0.624. The van der Waals surface area contributed by atoms with Gasteiger partial charge in [-0.15, -0.1) is 5.10 Å². The monoisotopic (exact) mass is 389 g/mol. The molecule has 0 saturated carbocycles. The van der Waals surface area contributed by atoms with Gasteiger partial charge in [-0.05, 0) is 18.2 Å². The third-order valence-corrected chi connectivity index (χ3v) is 5.86. The van der Waals surface area contributed by atoms with Gasteiger partial charge in [0.25, 0.3) is 0 Å². The molecule has 0 N–H and O–H groups in total. The van der Waals surface area contributed by atoms with Gasteiger partial charge in [0.15, 0.2) is 5.75 Å². The lowest BCUT2D eigenvalue weighted by molar-refractivity contribution is 0.371. The van der Waals surface area contributed by atoms with Crippen LogP contribution < -0.4 is 14.8 Å². The van der Waals surface area contributed by atoms with E-state index < -0.39 is 8.07 Å². The molecule has 0 aliphatic heterocycles. The predicted octanol–water partition coefficient (Wildman–Crippen LogP) is 2.94. The van der Waals surface area contributed by atoms with E-state index in [1.807, 2.05) is 18.3 Å². The topological polar surface area (TPSA) is 75.0 Å². The van der Waals surface area contributed by atoms with Crippen LogP contribution in [0.5, 0.6) is 11.8 Å². The number of rotatable bonds is 5. The lowest BCUT2D eigenvalue weighted by Gasteiger charge is -2.13. The van der Waals surface area contributed by atoms with Gasteiger partial charge in [-0.3, -0.25) is 0 Å². The van der Waals surface area contributed by atoms with Crippen molar-refractivity contribution < 1.29 is 9.47 Å². The lowest BCUT2D eigenvalue weighted by atomic mass is 10.1. The fourth-order valence-electron chi connectivity index (χ4n) is 2.42. The Bertz CT molecular complexity index is 939. The second kappa shape index (κ2) is 7.04. The number of halogens is 1. The summed E-state index contributed by atoms with van der Waals surface area (Å²) in [6.45, 7) is 6.67. The molecule has 0 radical (unpaired) electrons. The van der Waals surface area contributed by atoms with E-state index in [9.17, 15) is 0 Å². The van der Waals surface area contributed by atoms with Crippen LogP contribution >= 0.6 is 11.6 Å². The molecule has 26 heavy (non-hydrogen) atoms. The summed E-state index contributed by atoms with van der Waals surface area (Å²) in [6.07, 6.45) is 3.53. The Hall–Kier alpha value is -2.45. The Balaban J connectivity index is 2.21. The molecule has 0 aliphatic carbocycles. The van der Waals surface area contributed by atoms with Crippen molar-refractivity contribution >= 4 is 25.0 Å². The standard InChI is InChI=1S/C17H20ClN5O2Si/c1-24-14-9-19-17(25-2)20-16(14)12-8-11(18)6-7-13(12)23-10-15(21-22-23)26(3,4)5/h6-10H,1-5H3. The van der Waals surface area contributed by atoms with Gasteiger partial charge in [0, 0.05) is 16.8 Å². The zero-order valence-corrected chi connectivity index (χ0v) is 17.1. The van der Waals surface area contributed by atoms with Crippen LogP contribution in [0.25, 0.3) is 16.9 Å². The third-order valence-electron chi connectivity index (χ3n) is 3.86. The van der Waals surface area contributed by atoms with Crippen LogP contribution in [0.2, 0.25) is 24.7 Å². The van der Waals surface area contributed by atoms with Crippen molar-refractivity contribution in [3.63, 3.8) is 0 Å². The molecule has 2 aromatic heterocycles. The molecule has 0 aliphatic rings. The molecule has 0 saturated heterocycles. The van der Waals surface area contributed by atoms with E-state index in [1.54, 1.807) is 24.1 Å². The van der Waals surface area contributed by atoms with Crippen molar-refractivity contribution in [2.45, 2.75) is 19.6 Å². The molecule has 9 heteroatoms. The van der Waals surface area contributed by atoms with Gasteiger partial charge in [-0.2, -0.15) is 9.97 Å². The number of aromatic nitrogens is 5. The van der Waals surface area contributed by atoms with Gasteiger partial charge in [0.2, 0.25) is 0 Å². The SMILES string of the molecule is COc1ncc(OC)c(-c2cc(Cl)ccc2-n2cc([Si](C)(C)C)nn2)n1. The molecular formula is C17H20ClN5O2Si. The maximum Gasteiger partial charge on any atom is 0.316 e. The van der Waals surface area contributed by atoms with Gasteiger partial charge >= 0.3 is 6.01 Å². The van der Waals surface area contributed by atoms with Gasteiger partial charge < -0.3 is 9.47 Å². The maximum absolute atomic E-state index is 6.25. The second-order valence-corrected chi connectivity index (χ2v) is 12.2. The normalized spacial score (nSPS) is 11.5. The molecule has 136 valence electrons. The molecule has 3 rings (SSSR count). The zero-order valence-electron chi connectivity index (χ0n) is 15.3. The molecule has 7 nitrogen and oxygen atoms in total. The van der Waals surface area contributed by atoms with Gasteiger partial charge in [0.1, 0.15) is 13.8 Å². The van der Waals surface area contributed by atoms with Crippen LogP contribution in [-0.2, 0) is 0 Å². The van der Waals surface area contributed by atoms with Crippen molar-refractivity contribution in [3.8, 4) is 28.7 Å². The maximum atomic E-state index is 6.25. The molecule has 1 aromatic carbocycles. The molecule has 0 bridgehead atoms.